The van der Waals surface area contributed by atoms with Gasteiger partial charge in [-0.3, -0.25) is 4.79 Å². The molecule has 0 spiro atoms. The number of carbonyl (C=O) groups excluding carboxylic acids is 2. The number of hydrogen-bond acceptors (Lipinski definition) is 3. The van der Waals surface area contributed by atoms with Crippen LogP contribution in [0.25, 0.3) is 0 Å². The van der Waals surface area contributed by atoms with Gasteiger partial charge in [-0.1, -0.05) is 30.3 Å². The second kappa shape index (κ2) is 8.14. The van der Waals surface area contributed by atoms with Crippen molar-refractivity contribution < 1.29 is 40.7 Å². The second-order valence-electron chi connectivity index (χ2n) is 6.22. The van der Waals surface area contributed by atoms with Crippen molar-refractivity contribution in [3.05, 3.63) is 70.8 Å². The van der Waals surface area contributed by atoms with Gasteiger partial charge in [-0.25, -0.2) is 4.79 Å². The maximum absolute atomic E-state index is 13.0. The highest BCUT2D eigenvalue weighted by Crippen LogP contribution is 2.36. The van der Waals surface area contributed by atoms with Gasteiger partial charge in [0.1, 0.15) is 0 Å². The lowest BCUT2D eigenvalue weighted by atomic mass is 10.0. The van der Waals surface area contributed by atoms with E-state index in [1.165, 1.54) is 38.4 Å². The molecule has 0 N–H and O–H groups in total. The molecular formula is C19H15F6NO3. The number of carbonyl (C=O) groups is 2. The molecule has 2 aromatic rings. The minimum absolute atomic E-state index is 0.101. The van der Waals surface area contributed by atoms with Crippen LogP contribution in [0.15, 0.2) is 48.5 Å². The van der Waals surface area contributed by atoms with Crippen molar-refractivity contribution in [3.8, 4) is 0 Å². The average Bonchev–Trinajstić information content (AvgIpc) is 2.64. The Labute approximate surface area is 161 Å². The summed E-state index contributed by atoms with van der Waals surface area (Å²) in [6.07, 6.45) is -11.8. The highest BCUT2D eigenvalue weighted by molar-refractivity contribution is 5.93. The Hall–Kier alpha value is -3.04. The summed E-state index contributed by atoms with van der Waals surface area (Å²) in [4.78, 5) is 25.8. The lowest BCUT2D eigenvalue weighted by Crippen LogP contribution is -2.31. The number of benzene rings is 2. The van der Waals surface area contributed by atoms with E-state index in [4.69, 9.17) is 4.74 Å². The van der Waals surface area contributed by atoms with E-state index < -0.39 is 47.0 Å². The molecule has 29 heavy (non-hydrogen) atoms. The first-order valence-electron chi connectivity index (χ1n) is 8.07. The zero-order valence-electron chi connectivity index (χ0n) is 15.1. The van der Waals surface area contributed by atoms with Crippen LogP contribution in [0.1, 0.15) is 33.2 Å². The van der Waals surface area contributed by atoms with Crippen molar-refractivity contribution in [2.75, 3.05) is 14.1 Å². The van der Waals surface area contributed by atoms with Gasteiger partial charge >= 0.3 is 18.3 Å². The molecule has 156 valence electrons. The monoisotopic (exact) mass is 419 g/mol. The molecule has 10 heteroatoms. The number of amides is 1. The Kier molecular flexibility index (Phi) is 6.24. The molecule has 2 aromatic carbocycles. The first-order valence-corrected chi connectivity index (χ1v) is 8.07. The summed E-state index contributed by atoms with van der Waals surface area (Å²) in [7, 11) is 2.72. The quantitative estimate of drug-likeness (QED) is 0.533. The van der Waals surface area contributed by atoms with Crippen LogP contribution < -0.4 is 0 Å². The van der Waals surface area contributed by atoms with Gasteiger partial charge in [0.25, 0.3) is 5.91 Å². The van der Waals surface area contributed by atoms with Crippen LogP contribution in [-0.2, 0) is 21.9 Å². The van der Waals surface area contributed by atoms with Crippen molar-refractivity contribution in [2.45, 2.75) is 18.5 Å². The second-order valence-corrected chi connectivity index (χ2v) is 6.22. The van der Waals surface area contributed by atoms with Crippen LogP contribution >= 0.6 is 0 Å². The lowest BCUT2D eigenvalue weighted by molar-refractivity contribution is -0.143. The molecular weight excluding hydrogens is 404 g/mol. The zero-order chi connectivity index (χ0) is 22.0. The summed E-state index contributed by atoms with van der Waals surface area (Å²) < 4.78 is 82.9. The minimum atomic E-state index is -5.12. The maximum Gasteiger partial charge on any atom is 0.416 e. The SMILES string of the molecule is CN(C)C(=O)C(OC(=O)c1cc(C(F)(F)F)cc(C(F)(F)F)c1)c1ccccc1. The fourth-order valence-electron chi connectivity index (χ4n) is 2.37. The van der Waals surface area contributed by atoms with Gasteiger partial charge in [-0.2, -0.15) is 26.3 Å². The summed E-state index contributed by atoms with van der Waals surface area (Å²) in [5.41, 5.74) is -4.08. The predicted molar refractivity (Wildman–Crippen MR) is 89.7 cm³/mol. The van der Waals surface area contributed by atoms with E-state index in [0.29, 0.717) is 0 Å². The standard InChI is InChI=1S/C19H15F6NO3/c1-26(2)16(27)15(11-6-4-3-5-7-11)29-17(28)12-8-13(18(20,21)22)10-14(9-12)19(23,24)25/h3-10,15H,1-2H3. The van der Waals surface area contributed by atoms with Crippen molar-refractivity contribution in [1.29, 1.82) is 0 Å². The van der Waals surface area contributed by atoms with E-state index in [-0.39, 0.29) is 23.8 Å². The number of esters is 1. The first-order chi connectivity index (χ1) is 13.3. The third-order valence-electron chi connectivity index (χ3n) is 3.82. The van der Waals surface area contributed by atoms with Gasteiger partial charge in [0.15, 0.2) is 0 Å². The van der Waals surface area contributed by atoms with E-state index in [1.54, 1.807) is 6.07 Å². The minimum Gasteiger partial charge on any atom is -0.444 e. The van der Waals surface area contributed by atoms with Gasteiger partial charge in [-0.15, -0.1) is 0 Å². The summed E-state index contributed by atoms with van der Waals surface area (Å²) in [5.74, 6) is -2.21. The summed E-state index contributed by atoms with van der Waals surface area (Å²) in [5, 5.41) is 0. The highest BCUT2D eigenvalue weighted by atomic mass is 19.4. The molecule has 1 atom stereocenters. The van der Waals surface area contributed by atoms with Crippen LogP contribution in [0.2, 0.25) is 0 Å². The molecule has 1 unspecified atom stereocenters. The zero-order valence-corrected chi connectivity index (χ0v) is 15.1. The molecule has 0 radical (unpaired) electrons. The number of ether oxygens (including phenoxy) is 1. The molecule has 4 nitrogen and oxygen atoms in total. The van der Waals surface area contributed by atoms with E-state index in [0.717, 1.165) is 4.90 Å². The maximum atomic E-state index is 13.0. The molecule has 0 aliphatic carbocycles. The normalized spacial score (nSPS) is 13.0. The van der Waals surface area contributed by atoms with Crippen molar-refractivity contribution >= 4 is 11.9 Å². The molecule has 0 aromatic heterocycles. The van der Waals surface area contributed by atoms with Crippen LogP contribution in [0.5, 0.6) is 0 Å². The van der Waals surface area contributed by atoms with Crippen LogP contribution in [0.3, 0.4) is 0 Å². The van der Waals surface area contributed by atoms with Crippen LogP contribution in [0, 0.1) is 0 Å². The average molecular weight is 419 g/mol. The van der Waals surface area contributed by atoms with E-state index >= 15 is 0 Å². The third kappa shape index (κ3) is 5.49. The Morgan fingerprint density at radius 1 is 0.862 bits per heavy atom. The number of rotatable bonds is 4. The molecule has 0 saturated carbocycles. The largest absolute Gasteiger partial charge is 0.444 e. The van der Waals surface area contributed by atoms with Crippen molar-refractivity contribution in [3.63, 3.8) is 0 Å². The fraction of sp³-hybridized carbons (Fsp3) is 0.263. The van der Waals surface area contributed by atoms with Crippen molar-refractivity contribution in [2.24, 2.45) is 0 Å². The summed E-state index contributed by atoms with van der Waals surface area (Å²) >= 11 is 0. The van der Waals surface area contributed by atoms with E-state index in [1.807, 2.05) is 0 Å². The topological polar surface area (TPSA) is 46.6 Å². The third-order valence-corrected chi connectivity index (χ3v) is 3.82. The fourth-order valence-corrected chi connectivity index (χ4v) is 2.37. The van der Waals surface area contributed by atoms with Gasteiger partial charge in [0.2, 0.25) is 6.10 Å². The predicted octanol–water partition coefficient (Wildman–Crippen LogP) is 4.71. The first kappa shape index (κ1) is 22.3. The molecule has 0 aliphatic heterocycles. The molecule has 0 bridgehead atoms. The van der Waals surface area contributed by atoms with Crippen LogP contribution in [-0.4, -0.2) is 30.9 Å². The number of alkyl halides is 6. The molecule has 0 heterocycles. The molecule has 1 amide bonds. The molecule has 0 fully saturated rings. The molecule has 2 rings (SSSR count). The number of halogens is 6. The van der Waals surface area contributed by atoms with E-state index in [2.05, 4.69) is 0 Å². The van der Waals surface area contributed by atoms with Gasteiger partial charge in [0.05, 0.1) is 16.7 Å². The number of hydrogen-bond donors (Lipinski definition) is 0. The van der Waals surface area contributed by atoms with Gasteiger partial charge < -0.3 is 9.64 Å². The van der Waals surface area contributed by atoms with Gasteiger partial charge in [0, 0.05) is 19.7 Å². The van der Waals surface area contributed by atoms with E-state index in [9.17, 15) is 35.9 Å². The number of likely N-dealkylation sites (N-methyl/N-ethyl adjacent to an activating group) is 1. The summed E-state index contributed by atoms with van der Waals surface area (Å²) in [6.45, 7) is 0. The lowest BCUT2D eigenvalue weighted by Gasteiger charge is -2.21. The summed E-state index contributed by atoms with van der Waals surface area (Å²) in [6, 6.07) is 7.95. The molecule has 0 saturated heterocycles. The highest BCUT2D eigenvalue weighted by Gasteiger charge is 2.38. The Morgan fingerprint density at radius 3 is 1.76 bits per heavy atom. The van der Waals surface area contributed by atoms with Crippen LogP contribution in [0.4, 0.5) is 26.3 Å². The number of nitrogens with zero attached hydrogens (tertiary/aromatic N) is 1. The Bertz CT molecular complexity index is 859. The Balaban J connectivity index is 2.47. The van der Waals surface area contributed by atoms with Gasteiger partial charge in [-0.05, 0) is 18.2 Å². The van der Waals surface area contributed by atoms with Crippen molar-refractivity contribution in [1.82, 2.24) is 4.90 Å². The Morgan fingerprint density at radius 2 is 1.34 bits per heavy atom. The smallest absolute Gasteiger partial charge is 0.416 e. The molecule has 0 aliphatic rings.